The first-order valence-electron chi connectivity index (χ1n) is 7.01. The highest BCUT2D eigenvalue weighted by molar-refractivity contribution is 7.15. The van der Waals surface area contributed by atoms with Crippen LogP contribution in [0.15, 0.2) is 18.2 Å². The Hall–Kier alpha value is -2.55. The smallest absolute Gasteiger partial charge is 0.311 e. The summed E-state index contributed by atoms with van der Waals surface area (Å²) >= 11 is 1.30. The Morgan fingerprint density at radius 3 is 2.87 bits per heavy atom. The average Bonchev–Trinajstić information content (AvgIpc) is 2.99. The standard InChI is InChI=1S/C14H16N4O4S/c1-3-4-5-12-16-17-14(23-12)15-13(19)9-6-7-11(22-2)10(8-9)18(20)21/h6-8H,3-5H2,1-2H3,(H,15,17,19). The van der Waals surface area contributed by atoms with Crippen LogP contribution in [0.25, 0.3) is 0 Å². The van der Waals surface area contributed by atoms with E-state index in [1.807, 2.05) is 0 Å². The molecule has 1 aromatic heterocycles. The molecule has 1 aromatic carbocycles. The van der Waals surface area contributed by atoms with E-state index in [4.69, 9.17) is 4.74 Å². The largest absolute Gasteiger partial charge is 0.490 e. The molecule has 9 heteroatoms. The number of benzene rings is 1. The number of carbonyl (C=O) groups excluding carboxylic acids is 1. The normalized spacial score (nSPS) is 10.3. The number of carbonyl (C=O) groups is 1. The molecule has 1 amide bonds. The van der Waals surface area contributed by atoms with Crippen LogP contribution in [0, 0.1) is 10.1 Å². The summed E-state index contributed by atoms with van der Waals surface area (Å²) in [6.45, 7) is 2.08. The molecule has 0 spiro atoms. The third kappa shape index (κ3) is 4.22. The minimum absolute atomic E-state index is 0.101. The maximum Gasteiger partial charge on any atom is 0.311 e. The molecule has 0 bridgehead atoms. The van der Waals surface area contributed by atoms with E-state index in [-0.39, 0.29) is 17.0 Å². The highest BCUT2D eigenvalue weighted by Crippen LogP contribution is 2.28. The van der Waals surface area contributed by atoms with Crippen molar-refractivity contribution in [2.75, 3.05) is 12.4 Å². The van der Waals surface area contributed by atoms with E-state index in [0.717, 1.165) is 24.3 Å². The van der Waals surface area contributed by atoms with E-state index >= 15 is 0 Å². The molecular weight excluding hydrogens is 320 g/mol. The summed E-state index contributed by atoms with van der Waals surface area (Å²) in [5.41, 5.74) is -0.108. The molecule has 0 saturated heterocycles. The van der Waals surface area contributed by atoms with Crippen molar-refractivity contribution in [3.05, 3.63) is 38.9 Å². The third-order valence-corrected chi connectivity index (χ3v) is 3.97. The molecule has 2 aromatic rings. The zero-order chi connectivity index (χ0) is 16.8. The number of nitro benzene ring substituents is 1. The first-order valence-corrected chi connectivity index (χ1v) is 7.83. The quantitative estimate of drug-likeness (QED) is 0.615. The van der Waals surface area contributed by atoms with Crippen LogP contribution < -0.4 is 10.1 Å². The molecule has 122 valence electrons. The number of hydrogen-bond acceptors (Lipinski definition) is 7. The number of nitro groups is 1. The molecule has 1 heterocycles. The number of ether oxygens (including phenoxy) is 1. The van der Waals surface area contributed by atoms with E-state index < -0.39 is 10.8 Å². The van der Waals surface area contributed by atoms with Crippen molar-refractivity contribution in [2.45, 2.75) is 26.2 Å². The van der Waals surface area contributed by atoms with Gasteiger partial charge >= 0.3 is 5.69 Å². The number of unbranched alkanes of at least 4 members (excludes halogenated alkanes) is 1. The molecule has 0 atom stereocenters. The van der Waals surface area contributed by atoms with Gasteiger partial charge in [0.15, 0.2) is 5.75 Å². The van der Waals surface area contributed by atoms with E-state index in [1.54, 1.807) is 0 Å². The lowest BCUT2D eigenvalue weighted by atomic mass is 10.2. The van der Waals surface area contributed by atoms with E-state index in [1.165, 1.54) is 36.6 Å². The van der Waals surface area contributed by atoms with Crippen molar-refractivity contribution in [1.82, 2.24) is 10.2 Å². The van der Waals surface area contributed by atoms with Crippen LogP contribution in [0.5, 0.6) is 5.75 Å². The Labute approximate surface area is 136 Å². The monoisotopic (exact) mass is 336 g/mol. The summed E-state index contributed by atoms with van der Waals surface area (Å²) in [5.74, 6) is -0.377. The molecule has 0 saturated carbocycles. The molecule has 1 N–H and O–H groups in total. The summed E-state index contributed by atoms with van der Waals surface area (Å²) in [6, 6.07) is 4.02. The number of aromatic nitrogens is 2. The minimum atomic E-state index is -0.594. The average molecular weight is 336 g/mol. The van der Waals surface area contributed by atoms with Gasteiger partial charge < -0.3 is 4.74 Å². The predicted octanol–water partition coefficient (Wildman–Crippen LogP) is 3.05. The van der Waals surface area contributed by atoms with Crippen molar-refractivity contribution in [2.24, 2.45) is 0 Å². The minimum Gasteiger partial charge on any atom is -0.490 e. The fourth-order valence-electron chi connectivity index (χ4n) is 1.88. The van der Waals surface area contributed by atoms with Crippen LogP contribution in [0.2, 0.25) is 0 Å². The van der Waals surface area contributed by atoms with Gasteiger partial charge in [-0.3, -0.25) is 20.2 Å². The third-order valence-electron chi connectivity index (χ3n) is 3.07. The number of aryl methyl sites for hydroxylation is 1. The van der Waals surface area contributed by atoms with Crippen molar-refractivity contribution in [3.63, 3.8) is 0 Å². The second-order valence-electron chi connectivity index (χ2n) is 4.70. The summed E-state index contributed by atoms with van der Waals surface area (Å²) in [5, 5.41) is 22.7. The van der Waals surface area contributed by atoms with Gasteiger partial charge in [-0.25, -0.2) is 0 Å². The lowest BCUT2D eigenvalue weighted by molar-refractivity contribution is -0.385. The number of rotatable bonds is 7. The van der Waals surface area contributed by atoms with Crippen LogP contribution in [-0.2, 0) is 6.42 Å². The van der Waals surface area contributed by atoms with Crippen LogP contribution in [-0.4, -0.2) is 28.1 Å². The van der Waals surface area contributed by atoms with Gasteiger partial charge in [-0.1, -0.05) is 24.7 Å². The molecule has 0 aliphatic carbocycles. The molecule has 8 nitrogen and oxygen atoms in total. The van der Waals surface area contributed by atoms with Gasteiger partial charge in [0.1, 0.15) is 5.01 Å². The fourth-order valence-corrected chi connectivity index (χ4v) is 2.65. The topological polar surface area (TPSA) is 107 Å². The van der Waals surface area contributed by atoms with Crippen molar-refractivity contribution >= 4 is 28.1 Å². The van der Waals surface area contributed by atoms with Gasteiger partial charge in [-0.2, -0.15) is 0 Å². The van der Waals surface area contributed by atoms with Gasteiger partial charge in [-0.15, -0.1) is 10.2 Å². The molecule has 0 aliphatic rings. The zero-order valence-corrected chi connectivity index (χ0v) is 13.6. The van der Waals surface area contributed by atoms with Crippen LogP contribution in [0.1, 0.15) is 35.1 Å². The number of nitrogens with zero attached hydrogens (tertiary/aromatic N) is 3. The summed E-state index contributed by atoms with van der Waals surface area (Å²) in [6.07, 6.45) is 2.88. The predicted molar refractivity (Wildman–Crippen MR) is 86.1 cm³/mol. The Morgan fingerprint density at radius 2 is 2.22 bits per heavy atom. The Balaban J connectivity index is 2.13. The van der Waals surface area contributed by atoms with Gasteiger partial charge in [0, 0.05) is 18.1 Å². The molecule has 0 radical (unpaired) electrons. The summed E-state index contributed by atoms with van der Waals surface area (Å²) in [4.78, 5) is 22.6. The number of methoxy groups -OCH3 is 1. The first kappa shape index (κ1) is 16.8. The Morgan fingerprint density at radius 1 is 1.43 bits per heavy atom. The van der Waals surface area contributed by atoms with Gasteiger partial charge in [-0.05, 0) is 18.6 Å². The van der Waals surface area contributed by atoms with Gasteiger partial charge in [0.2, 0.25) is 5.13 Å². The SMILES string of the molecule is CCCCc1nnc(NC(=O)c2ccc(OC)c([N+](=O)[O-])c2)s1. The Kier molecular flexibility index (Phi) is 5.58. The first-order chi connectivity index (χ1) is 11.0. The molecule has 0 unspecified atom stereocenters. The van der Waals surface area contributed by atoms with Crippen LogP contribution in [0.4, 0.5) is 10.8 Å². The van der Waals surface area contributed by atoms with E-state index in [9.17, 15) is 14.9 Å². The second-order valence-corrected chi connectivity index (χ2v) is 5.76. The molecule has 2 rings (SSSR count). The maximum atomic E-state index is 12.2. The lowest BCUT2D eigenvalue weighted by Gasteiger charge is -2.04. The summed E-state index contributed by atoms with van der Waals surface area (Å²) in [7, 11) is 1.33. The summed E-state index contributed by atoms with van der Waals surface area (Å²) < 4.78 is 4.91. The fraction of sp³-hybridized carbons (Fsp3) is 0.357. The molecule has 0 aliphatic heterocycles. The highest BCUT2D eigenvalue weighted by Gasteiger charge is 2.19. The number of nitrogens with one attached hydrogen (secondary N) is 1. The van der Waals surface area contributed by atoms with Crippen LogP contribution in [0.3, 0.4) is 0 Å². The lowest BCUT2D eigenvalue weighted by Crippen LogP contribution is -2.12. The highest BCUT2D eigenvalue weighted by atomic mass is 32.1. The van der Waals surface area contributed by atoms with Gasteiger partial charge in [0.25, 0.3) is 5.91 Å². The van der Waals surface area contributed by atoms with E-state index in [0.29, 0.717) is 5.13 Å². The second kappa shape index (κ2) is 7.63. The Bertz CT molecular complexity index is 717. The molecular formula is C14H16N4O4S. The van der Waals surface area contributed by atoms with Crippen LogP contribution >= 0.6 is 11.3 Å². The van der Waals surface area contributed by atoms with Crippen molar-refractivity contribution < 1.29 is 14.5 Å². The van der Waals surface area contributed by atoms with Crippen molar-refractivity contribution in [1.29, 1.82) is 0 Å². The molecule has 23 heavy (non-hydrogen) atoms. The number of anilines is 1. The zero-order valence-electron chi connectivity index (χ0n) is 12.7. The van der Waals surface area contributed by atoms with Gasteiger partial charge in [0.05, 0.1) is 12.0 Å². The van der Waals surface area contributed by atoms with Crippen molar-refractivity contribution in [3.8, 4) is 5.75 Å². The number of hydrogen-bond donors (Lipinski definition) is 1. The number of amides is 1. The molecule has 0 fully saturated rings. The maximum absolute atomic E-state index is 12.2. The van der Waals surface area contributed by atoms with E-state index in [2.05, 4.69) is 22.4 Å².